The number of benzene rings is 2. The molecule has 0 aliphatic rings. The van der Waals surface area contributed by atoms with E-state index in [4.69, 9.17) is 9.47 Å². The molecule has 0 aromatic heterocycles. The van der Waals surface area contributed by atoms with Crippen LogP contribution in [0.15, 0.2) is 36.4 Å². The summed E-state index contributed by atoms with van der Waals surface area (Å²) in [5.41, 5.74) is 0. The van der Waals surface area contributed by atoms with E-state index in [1.165, 1.54) is 36.4 Å². The van der Waals surface area contributed by atoms with Gasteiger partial charge in [0.05, 0.1) is 0 Å². The summed E-state index contributed by atoms with van der Waals surface area (Å²) in [6.45, 7) is 3.28. The molecule has 0 heterocycles. The second-order valence-corrected chi connectivity index (χ2v) is 4.90. The predicted molar refractivity (Wildman–Crippen MR) is 74.9 cm³/mol. The number of hydrogen-bond acceptors (Lipinski definition) is 6. The molecule has 0 bridgehead atoms. The van der Waals surface area contributed by atoms with Crippen LogP contribution >= 0.6 is 0 Å². The molecule has 6 heteroatoms. The monoisotopic (exact) mass is 292 g/mol. The zero-order valence-electron chi connectivity index (χ0n) is 11.6. The molecule has 2 aromatic carbocycles. The van der Waals surface area contributed by atoms with Crippen molar-refractivity contribution in [2.75, 3.05) is 0 Å². The lowest BCUT2D eigenvalue weighted by Gasteiger charge is -2.27. The van der Waals surface area contributed by atoms with Crippen LogP contribution in [0.2, 0.25) is 0 Å². The molecule has 2 aromatic rings. The van der Waals surface area contributed by atoms with Crippen LogP contribution in [0.1, 0.15) is 13.8 Å². The van der Waals surface area contributed by atoms with E-state index in [1.807, 2.05) is 0 Å². The maximum absolute atomic E-state index is 9.42. The van der Waals surface area contributed by atoms with Crippen LogP contribution in [0.4, 0.5) is 0 Å². The minimum Gasteiger partial charge on any atom is -0.504 e. The lowest BCUT2D eigenvalue weighted by molar-refractivity contribution is -0.0811. The summed E-state index contributed by atoms with van der Waals surface area (Å²) in [6.07, 6.45) is 0. The minimum atomic E-state index is -1.10. The molecule has 0 unspecified atom stereocenters. The highest BCUT2D eigenvalue weighted by Gasteiger charge is 2.23. The van der Waals surface area contributed by atoms with Crippen LogP contribution < -0.4 is 9.47 Å². The Morgan fingerprint density at radius 1 is 0.667 bits per heavy atom. The fourth-order valence-electron chi connectivity index (χ4n) is 1.72. The summed E-state index contributed by atoms with van der Waals surface area (Å²) in [7, 11) is 0. The van der Waals surface area contributed by atoms with Gasteiger partial charge in [-0.3, -0.25) is 0 Å². The molecule has 2 rings (SSSR count). The Kier molecular flexibility index (Phi) is 3.71. The second kappa shape index (κ2) is 5.32. The molecule has 0 amide bonds. The third-order valence-corrected chi connectivity index (χ3v) is 2.62. The van der Waals surface area contributed by atoms with Gasteiger partial charge in [-0.2, -0.15) is 0 Å². The fourth-order valence-corrected chi connectivity index (χ4v) is 1.72. The van der Waals surface area contributed by atoms with Crippen molar-refractivity contribution in [3.63, 3.8) is 0 Å². The SMILES string of the molecule is CC(C)(Oc1ccc(O)c(O)c1)Oc1ccc(O)c(O)c1. The number of phenolic OH excluding ortho intramolecular Hbond substituents is 4. The average molecular weight is 292 g/mol. The van der Waals surface area contributed by atoms with Crippen LogP contribution in [-0.2, 0) is 0 Å². The van der Waals surface area contributed by atoms with Crippen molar-refractivity contribution < 1.29 is 29.9 Å². The molecule has 0 saturated heterocycles. The third kappa shape index (κ3) is 3.62. The van der Waals surface area contributed by atoms with E-state index in [-0.39, 0.29) is 23.0 Å². The molecule has 0 atom stereocenters. The molecule has 6 nitrogen and oxygen atoms in total. The number of aromatic hydroxyl groups is 4. The Hall–Kier alpha value is -2.76. The topological polar surface area (TPSA) is 99.4 Å². The van der Waals surface area contributed by atoms with Crippen LogP contribution in [0, 0.1) is 0 Å². The molecule has 0 aliphatic carbocycles. The van der Waals surface area contributed by atoms with Crippen molar-refractivity contribution >= 4 is 0 Å². The number of rotatable bonds is 4. The van der Waals surface area contributed by atoms with E-state index in [2.05, 4.69) is 0 Å². The van der Waals surface area contributed by atoms with Crippen LogP contribution in [0.3, 0.4) is 0 Å². The van der Waals surface area contributed by atoms with Crippen LogP contribution in [-0.4, -0.2) is 26.2 Å². The molecule has 0 spiro atoms. The Morgan fingerprint density at radius 2 is 1.05 bits per heavy atom. The van der Waals surface area contributed by atoms with E-state index in [9.17, 15) is 20.4 Å². The zero-order chi connectivity index (χ0) is 15.6. The quantitative estimate of drug-likeness (QED) is 0.511. The van der Waals surface area contributed by atoms with E-state index in [0.29, 0.717) is 11.5 Å². The van der Waals surface area contributed by atoms with E-state index < -0.39 is 5.79 Å². The predicted octanol–water partition coefficient (Wildman–Crippen LogP) is 2.70. The van der Waals surface area contributed by atoms with Crippen molar-refractivity contribution in [1.29, 1.82) is 0 Å². The minimum absolute atomic E-state index is 0.246. The standard InChI is InChI=1S/C15H16O6/c1-15(2,20-9-3-5-11(16)13(18)7-9)21-10-4-6-12(17)14(19)8-10/h3-8,16-19H,1-2H3. The number of phenols is 4. The summed E-state index contributed by atoms with van der Waals surface area (Å²) in [4.78, 5) is 0. The van der Waals surface area contributed by atoms with Crippen molar-refractivity contribution in [3.05, 3.63) is 36.4 Å². The molecule has 0 aliphatic heterocycles. The molecule has 0 fully saturated rings. The van der Waals surface area contributed by atoms with Gasteiger partial charge in [-0.25, -0.2) is 0 Å². The first kappa shape index (κ1) is 14.6. The van der Waals surface area contributed by atoms with Gasteiger partial charge in [0.25, 0.3) is 0 Å². The Labute approximate surface area is 121 Å². The van der Waals surface area contributed by atoms with Crippen molar-refractivity contribution in [2.45, 2.75) is 19.6 Å². The van der Waals surface area contributed by atoms with Gasteiger partial charge in [0, 0.05) is 26.0 Å². The average Bonchev–Trinajstić information content (AvgIpc) is 2.37. The lowest BCUT2D eigenvalue weighted by Crippen LogP contribution is -2.35. The number of ether oxygens (including phenoxy) is 2. The smallest absolute Gasteiger partial charge is 0.245 e. The molecule has 0 saturated carbocycles. The van der Waals surface area contributed by atoms with Crippen molar-refractivity contribution in [1.82, 2.24) is 0 Å². The van der Waals surface area contributed by atoms with Gasteiger partial charge >= 0.3 is 0 Å². The normalized spacial score (nSPS) is 11.1. The first-order valence-corrected chi connectivity index (χ1v) is 6.19. The van der Waals surface area contributed by atoms with Crippen molar-refractivity contribution in [3.8, 4) is 34.5 Å². The van der Waals surface area contributed by atoms with Gasteiger partial charge < -0.3 is 29.9 Å². The highest BCUT2D eigenvalue weighted by Crippen LogP contribution is 2.33. The first-order chi connectivity index (χ1) is 9.77. The molecule has 0 radical (unpaired) electrons. The number of hydrogen-bond donors (Lipinski definition) is 4. The van der Waals surface area contributed by atoms with Gasteiger partial charge in [0.2, 0.25) is 5.79 Å². The Bertz CT molecular complexity index is 595. The summed E-state index contributed by atoms with van der Waals surface area (Å²) >= 11 is 0. The van der Waals surface area contributed by atoms with E-state index >= 15 is 0 Å². The first-order valence-electron chi connectivity index (χ1n) is 6.19. The lowest BCUT2D eigenvalue weighted by atomic mass is 10.2. The highest BCUT2D eigenvalue weighted by atomic mass is 16.7. The van der Waals surface area contributed by atoms with Gasteiger partial charge in [-0.05, 0) is 24.3 Å². The van der Waals surface area contributed by atoms with E-state index in [1.54, 1.807) is 13.8 Å². The van der Waals surface area contributed by atoms with Gasteiger partial charge in [-0.15, -0.1) is 0 Å². The Morgan fingerprint density at radius 3 is 1.38 bits per heavy atom. The van der Waals surface area contributed by atoms with E-state index in [0.717, 1.165) is 0 Å². The van der Waals surface area contributed by atoms with Gasteiger partial charge in [-0.1, -0.05) is 0 Å². The summed E-state index contributed by atoms with van der Waals surface area (Å²) in [6, 6.07) is 8.08. The van der Waals surface area contributed by atoms with Crippen LogP contribution in [0.5, 0.6) is 34.5 Å². The van der Waals surface area contributed by atoms with Crippen LogP contribution in [0.25, 0.3) is 0 Å². The van der Waals surface area contributed by atoms with Crippen molar-refractivity contribution in [2.24, 2.45) is 0 Å². The molecular formula is C15H16O6. The second-order valence-electron chi connectivity index (χ2n) is 4.90. The highest BCUT2D eigenvalue weighted by molar-refractivity contribution is 5.44. The zero-order valence-corrected chi connectivity index (χ0v) is 11.6. The fraction of sp³-hybridized carbons (Fsp3) is 0.200. The molecule has 112 valence electrons. The summed E-state index contributed by atoms with van der Waals surface area (Å²) in [5, 5.41) is 37.3. The van der Waals surface area contributed by atoms with Gasteiger partial charge in [0.1, 0.15) is 11.5 Å². The molecule has 21 heavy (non-hydrogen) atoms. The largest absolute Gasteiger partial charge is 0.504 e. The molecule has 4 N–H and O–H groups in total. The maximum Gasteiger partial charge on any atom is 0.245 e. The molecular weight excluding hydrogens is 276 g/mol. The van der Waals surface area contributed by atoms with Gasteiger partial charge in [0.15, 0.2) is 23.0 Å². The summed E-state index contributed by atoms with van der Waals surface area (Å²) < 4.78 is 11.1. The summed E-state index contributed by atoms with van der Waals surface area (Å²) in [5.74, 6) is -1.59. The maximum atomic E-state index is 9.42. The Balaban J connectivity index is 2.13. The third-order valence-electron chi connectivity index (χ3n) is 2.62.